The molecule has 0 aromatic carbocycles. The summed E-state index contributed by atoms with van der Waals surface area (Å²) in [6, 6.07) is 0. The molecule has 1 N–H and O–H groups in total. The van der Waals surface area contributed by atoms with Crippen molar-refractivity contribution >= 4 is 6.09 Å². The second kappa shape index (κ2) is 4.77. The Morgan fingerprint density at radius 2 is 2.58 bits per heavy atom. The largest absolute Gasteiger partial charge is 0.450 e. The third-order valence-corrected chi connectivity index (χ3v) is 1.40. The van der Waals surface area contributed by atoms with Crippen molar-refractivity contribution in [1.82, 2.24) is 5.32 Å². The Morgan fingerprint density at radius 1 is 1.83 bits per heavy atom. The minimum Gasteiger partial charge on any atom is -0.450 e. The fourth-order valence-electron chi connectivity index (χ4n) is 0.724. The highest BCUT2D eigenvalue weighted by Gasteiger charge is 2.19. The maximum Gasteiger partial charge on any atom is 0.411 e. The summed E-state index contributed by atoms with van der Waals surface area (Å²) in [5.41, 5.74) is 0. The maximum absolute atomic E-state index is 10.7. The van der Waals surface area contributed by atoms with E-state index in [0.29, 0.717) is 12.7 Å². The smallest absolute Gasteiger partial charge is 0.411 e. The van der Waals surface area contributed by atoms with Crippen molar-refractivity contribution in [2.75, 3.05) is 13.2 Å². The van der Waals surface area contributed by atoms with E-state index in [-0.39, 0.29) is 0 Å². The van der Waals surface area contributed by atoms with Gasteiger partial charge < -0.3 is 9.47 Å². The summed E-state index contributed by atoms with van der Waals surface area (Å²) in [5.74, 6) is 0. The molecule has 1 unspecified atom stereocenters. The lowest BCUT2D eigenvalue weighted by atomic mass is 10.3. The first-order valence-corrected chi connectivity index (χ1v) is 4.03. The first-order valence-electron chi connectivity index (χ1n) is 4.03. The van der Waals surface area contributed by atoms with E-state index >= 15 is 0 Å². The van der Waals surface area contributed by atoms with Crippen LogP contribution in [0.4, 0.5) is 4.79 Å². The van der Waals surface area contributed by atoms with Crippen LogP contribution in [0, 0.1) is 0 Å². The van der Waals surface area contributed by atoms with Crippen LogP contribution in [-0.4, -0.2) is 25.4 Å². The minimum atomic E-state index is -0.412. The summed E-state index contributed by atoms with van der Waals surface area (Å²) < 4.78 is 9.60. The SMILES string of the molecule is CCOC(=O)NC=CCC1CO1. The van der Waals surface area contributed by atoms with Crippen LogP contribution in [0.5, 0.6) is 0 Å². The molecule has 12 heavy (non-hydrogen) atoms. The maximum atomic E-state index is 10.7. The molecule has 0 spiro atoms. The lowest BCUT2D eigenvalue weighted by molar-refractivity contribution is 0.156. The summed E-state index contributed by atoms with van der Waals surface area (Å²) in [6.07, 6.45) is 4.25. The van der Waals surface area contributed by atoms with Gasteiger partial charge in [0.2, 0.25) is 0 Å². The molecule has 68 valence electrons. The molecule has 1 fully saturated rings. The van der Waals surface area contributed by atoms with Gasteiger partial charge >= 0.3 is 6.09 Å². The zero-order valence-corrected chi connectivity index (χ0v) is 7.08. The van der Waals surface area contributed by atoms with Crippen molar-refractivity contribution in [2.24, 2.45) is 0 Å². The van der Waals surface area contributed by atoms with E-state index in [1.165, 1.54) is 0 Å². The number of nitrogens with one attached hydrogen (secondary N) is 1. The number of amides is 1. The first-order chi connectivity index (χ1) is 5.83. The molecule has 1 amide bonds. The summed E-state index contributed by atoms with van der Waals surface area (Å²) >= 11 is 0. The van der Waals surface area contributed by atoms with Gasteiger partial charge in [-0.25, -0.2) is 4.79 Å². The van der Waals surface area contributed by atoms with Crippen molar-refractivity contribution in [3.8, 4) is 0 Å². The molecule has 0 radical (unpaired) electrons. The van der Waals surface area contributed by atoms with E-state index in [2.05, 4.69) is 10.1 Å². The highest BCUT2D eigenvalue weighted by atomic mass is 16.6. The highest BCUT2D eigenvalue weighted by Crippen LogP contribution is 2.12. The Hall–Kier alpha value is -1.03. The molecule has 1 rings (SSSR count). The third kappa shape index (κ3) is 3.98. The molecule has 1 aliphatic heterocycles. The molecule has 0 saturated carbocycles. The molecule has 0 aromatic heterocycles. The monoisotopic (exact) mass is 171 g/mol. The van der Waals surface area contributed by atoms with E-state index in [0.717, 1.165) is 13.0 Å². The molecule has 1 aliphatic rings. The summed E-state index contributed by atoms with van der Waals surface area (Å²) in [7, 11) is 0. The molecule has 1 atom stereocenters. The van der Waals surface area contributed by atoms with Crippen LogP contribution in [-0.2, 0) is 9.47 Å². The summed E-state index contributed by atoms with van der Waals surface area (Å²) in [5, 5.41) is 2.47. The second-order valence-corrected chi connectivity index (χ2v) is 2.46. The second-order valence-electron chi connectivity index (χ2n) is 2.46. The van der Waals surface area contributed by atoms with Gasteiger partial charge in [-0.3, -0.25) is 5.32 Å². The summed E-state index contributed by atoms with van der Waals surface area (Å²) in [4.78, 5) is 10.7. The zero-order chi connectivity index (χ0) is 8.81. The third-order valence-electron chi connectivity index (χ3n) is 1.40. The predicted octanol–water partition coefficient (Wildman–Crippen LogP) is 1.04. The van der Waals surface area contributed by atoms with E-state index in [1.54, 1.807) is 13.1 Å². The quantitative estimate of drug-likeness (QED) is 0.643. The number of carbonyl (C=O) groups is 1. The number of alkyl carbamates (subject to hydrolysis) is 1. The van der Waals surface area contributed by atoms with Crippen LogP contribution in [0.3, 0.4) is 0 Å². The Bertz CT molecular complexity index is 175. The topological polar surface area (TPSA) is 50.9 Å². The number of ether oxygens (including phenoxy) is 2. The standard InChI is InChI=1S/C8H13NO3/c1-2-11-8(10)9-5-3-4-7-6-12-7/h3,5,7H,2,4,6H2,1H3,(H,9,10). The number of rotatable bonds is 4. The first kappa shape index (κ1) is 9.06. The Balaban J connectivity index is 1.98. The molecule has 0 aromatic rings. The van der Waals surface area contributed by atoms with Gasteiger partial charge in [-0.15, -0.1) is 0 Å². The van der Waals surface area contributed by atoms with Crippen molar-refractivity contribution in [3.05, 3.63) is 12.3 Å². The molecule has 0 aliphatic carbocycles. The number of epoxide rings is 1. The van der Waals surface area contributed by atoms with Gasteiger partial charge in [0.05, 0.1) is 19.3 Å². The minimum absolute atomic E-state index is 0.366. The molecule has 0 bridgehead atoms. The van der Waals surface area contributed by atoms with Gasteiger partial charge in [-0.05, 0) is 13.3 Å². The van der Waals surface area contributed by atoms with Crippen molar-refractivity contribution in [2.45, 2.75) is 19.4 Å². The average Bonchev–Trinajstić information content (AvgIpc) is 2.82. The van der Waals surface area contributed by atoms with Crippen molar-refractivity contribution < 1.29 is 14.3 Å². The van der Waals surface area contributed by atoms with Gasteiger partial charge in [-0.2, -0.15) is 0 Å². The van der Waals surface area contributed by atoms with Gasteiger partial charge in [0.25, 0.3) is 0 Å². The van der Waals surface area contributed by atoms with E-state index < -0.39 is 6.09 Å². The molecular formula is C8H13NO3. The Morgan fingerprint density at radius 3 is 3.17 bits per heavy atom. The van der Waals surface area contributed by atoms with Crippen LogP contribution in [0.1, 0.15) is 13.3 Å². The summed E-state index contributed by atoms with van der Waals surface area (Å²) in [6.45, 7) is 3.00. The van der Waals surface area contributed by atoms with Crippen molar-refractivity contribution in [3.63, 3.8) is 0 Å². The van der Waals surface area contributed by atoms with E-state index in [4.69, 9.17) is 4.74 Å². The van der Waals surface area contributed by atoms with Gasteiger partial charge in [-0.1, -0.05) is 6.08 Å². The normalized spacial score (nSPS) is 20.9. The van der Waals surface area contributed by atoms with Crippen LogP contribution in [0.15, 0.2) is 12.3 Å². The fourth-order valence-corrected chi connectivity index (χ4v) is 0.724. The van der Waals surface area contributed by atoms with Crippen molar-refractivity contribution in [1.29, 1.82) is 0 Å². The number of carbonyl (C=O) groups excluding carboxylic acids is 1. The van der Waals surface area contributed by atoms with Gasteiger partial charge in [0.15, 0.2) is 0 Å². The fraction of sp³-hybridized carbons (Fsp3) is 0.625. The molecular weight excluding hydrogens is 158 g/mol. The van der Waals surface area contributed by atoms with Crippen LogP contribution in [0.2, 0.25) is 0 Å². The molecule has 1 heterocycles. The molecule has 4 nitrogen and oxygen atoms in total. The van der Waals surface area contributed by atoms with Gasteiger partial charge in [0.1, 0.15) is 0 Å². The van der Waals surface area contributed by atoms with Gasteiger partial charge in [0, 0.05) is 6.20 Å². The zero-order valence-electron chi connectivity index (χ0n) is 7.08. The number of hydrogen-bond donors (Lipinski definition) is 1. The van der Waals surface area contributed by atoms with Crippen LogP contribution < -0.4 is 5.32 Å². The Kier molecular flexibility index (Phi) is 3.60. The molecule has 4 heteroatoms. The lowest BCUT2D eigenvalue weighted by Crippen LogP contribution is -2.18. The predicted molar refractivity (Wildman–Crippen MR) is 43.7 cm³/mol. The van der Waals surface area contributed by atoms with Crippen LogP contribution in [0.25, 0.3) is 0 Å². The Labute approximate surface area is 71.5 Å². The molecule has 1 saturated heterocycles. The number of hydrogen-bond acceptors (Lipinski definition) is 3. The van der Waals surface area contributed by atoms with E-state index in [9.17, 15) is 4.79 Å². The lowest BCUT2D eigenvalue weighted by Gasteiger charge is -1.98. The van der Waals surface area contributed by atoms with E-state index in [1.807, 2.05) is 6.08 Å². The highest BCUT2D eigenvalue weighted by molar-refractivity contribution is 5.68. The van der Waals surface area contributed by atoms with Crippen LogP contribution >= 0.6 is 0 Å². The average molecular weight is 171 g/mol.